The summed E-state index contributed by atoms with van der Waals surface area (Å²) >= 11 is 0. The van der Waals surface area contributed by atoms with Crippen LogP contribution in [0.3, 0.4) is 0 Å². The summed E-state index contributed by atoms with van der Waals surface area (Å²) in [4.78, 5) is 0. The number of rotatable bonds is 0. The Morgan fingerprint density at radius 3 is 1.25 bits per heavy atom. The van der Waals surface area contributed by atoms with E-state index in [0.717, 1.165) is 21.0 Å². The maximum atomic E-state index is 4.53. The van der Waals surface area contributed by atoms with Gasteiger partial charge in [0.05, 0.1) is 0 Å². The average molecular weight is 206 g/mol. The van der Waals surface area contributed by atoms with Crippen LogP contribution in [0, 0.1) is 0 Å². The Morgan fingerprint density at radius 2 is 1.25 bits per heavy atom. The van der Waals surface area contributed by atoms with Crippen LogP contribution >= 0.6 is 24.0 Å². The van der Waals surface area contributed by atoms with Crippen LogP contribution in [0.2, 0.25) is 0 Å². The Labute approximate surface area is 49.2 Å². The van der Waals surface area contributed by atoms with Gasteiger partial charge < -0.3 is 4.12 Å². The summed E-state index contributed by atoms with van der Waals surface area (Å²) in [5.74, 6) is 0. The average Bonchev–Trinajstić information content (AvgIpc) is 0.918. The van der Waals surface area contributed by atoms with E-state index in [0.29, 0.717) is 0 Å². The van der Waals surface area contributed by atoms with Crippen molar-refractivity contribution in [3.63, 3.8) is 0 Å². The summed E-state index contributed by atoms with van der Waals surface area (Å²) in [5, 5.41) is 0. The fourth-order valence-electron chi connectivity index (χ4n) is 0. The second kappa shape index (κ2) is 8.92. The molecule has 0 aliphatic carbocycles. The van der Waals surface area contributed by atoms with E-state index in [4.69, 9.17) is 0 Å². The molecule has 0 saturated heterocycles. The molecule has 0 rings (SSSR count). The van der Waals surface area contributed by atoms with Crippen molar-refractivity contribution in [1.29, 1.82) is 0 Å². The summed E-state index contributed by atoms with van der Waals surface area (Å²) in [6, 6.07) is 0. The standard InChI is InChI=1S/HI.H6OSi2/c;2-1-3/h1H;2-3H3. The van der Waals surface area contributed by atoms with Crippen LogP contribution in [0.5, 0.6) is 0 Å². The normalized spacial score (nSPS) is 6.00. The summed E-state index contributed by atoms with van der Waals surface area (Å²) in [6.45, 7) is 0. The van der Waals surface area contributed by atoms with Crippen molar-refractivity contribution < 1.29 is 4.12 Å². The third-order valence-electron chi connectivity index (χ3n) is 0. The van der Waals surface area contributed by atoms with Gasteiger partial charge in [0.15, 0.2) is 0 Å². The number of hydrogen-bond donors (Lipinski definition) is 0. The lowest BCUT2D eigenvalue weighted by Crippen LogP contribution is -1.65. The van der Waals surface area contributed by atoms with Crippen molar-refractivity contribution >= 4 is 44.9 Å². The molecule has 0 aliphatic heterocycles. The molecule has 0 aromatic rings. The van der Waals surface area contributed by atoms with Crippen LogP contribution in [0.4, 0.5) is 0 Å². The molecule has 0 spiro atoms. The molecule has 0 amide bonds. The van der Waals surface area contributed by atoms with Crippen LogP contribution in [0.25, 0.3) is 0 Å². The molecule has 0 radical (unpaired) electrons. The van der Waals surface area contributed by atoms with Gasteiger partial charge in [-0.15, -0.1) is 24.0 Å². The summed E-state index contributed by atoms with van der Waals surface area (Å²) in [6.07, 6.45) is 0. The molecule has 0 aliphatic rings. The first-order valence-corrected chi connectivity index (χ1v) is 2.45. The maximum absolute atomic E-state index is 4.53. The minimum atomic E-state index is 0. The van der Waals surface area contributed by atoms with Gasteiger partial charge in [0.1, 0.15) is 21.0 Å². The van der Waals surface area contributed by atoms with Gasteiger partial charge in [-0.3, -0.25) is 0 Å². The molecular weight excluding hydrogens is 199 g/mol. The van der Waals surface area contributed by atoms with Gasteiger partial charge in [-0.25, -0.2) is 0 Å². The van der Waals surface area contributed by atoms with Gasteiger partial charge in [0, 0.05) is 0 Å². The maximum Gasteiger partial charge on any atom is 0.129 e. The molecule has 4 heteroatoms. The van der Waals surface area contributed by atoms with E-state index in [1.807, 2.05) is 0 Å². The van der Waals surface area contributed by atoms with E-state index in [-0.39, 0.29) is 24.0 Å². The Hall–Kier alpha value is 1.12. The zero-order valence-corrected chi connectivity index (χ0v) is 9.15. The molecule has 0 aromatic heterocycles. The van der Waals surface area contributed by atoms with Gasteiger partial charge in [-0.1, -0.05) is 0 Å². The Kier molecular flexibility index (Phi) is 19.9. The molecular formula is H7IOSi2. The fourth-order valence-corrected chi connectivity index (χ4v) is 0. The monoisotopic (exact) mass is 206 g/mol. The van der Waals surface area contributed by atoms with E-state index in [1.165, 1.54) is 0 Å². The van der Waals surface area contributed by atoms with Crippen molar-refractivity contribution in [3.8, 4) is 0 Å². The first kappa shape index (κ1) is 8.93. The van der Waals surface area contributed by atoms with E-state index in [2.05, 4.69) is 4.12 Å². The third kappa shape index (κ3) is 11.2. The molecule has 28 valence electrons. The van der Waals surface area contributed by atoms with E-state index < -0.39 is 0 Å². The molecule has 0 saturated carbocycles. The minimum Gasteiger partial charge on any atom is -0.471 e. The summed E-state index contributed by atoms with van der Waals surface area (Å²) < 4.78 is 4.53. The molecule has 0 bridgehead atoms. The second-order valence-electron chi connectivity index (χ2n) is 0.408. The lowest BCUT2D eigenvalue weighted by Gasteiger charge is -1.62. The van der Waals surface area contributed by atoms with Crippen LogP contribution in [0.15, 0.2) is 0 Å². The largest absolute Gasteiger partial charge is 0.471 e. The first-order chi connectivity index (χ1) is 1.41. The zero-order chi connectivity index (χ0) is 2.71. The highest BCUT2D eigenvalue weighted by Crippen LogP contribution is 1.20. The molecule has 0 atom stereocenters. The number of hydrogen-bond acceptors (Lipinski definition) is 1. The molecule has 0 N–H and O–H groups in total. The van der Waals surface area contributed by atoms with Crippen LogP contribution in [0.1, 0.15) is 0 Å². The van der Waals surface area contributed by atoms with Gasteiger partial charge in [-0.2, -0.15) is 0 Å². The van der Waals surface area contributed by atoms with E-state index >= 15 is 0 Å². The predicted octanol–water partition coefficient (Wildman–Crippen LogP) is -1.82. The second-order valence-corrected chi connectivity index (χ2v) is 3.67. The molecule has 0 fully saturated rings. The SMILES string of the molecule is I.[SiH3]O[SiH3]. The Bertz CT molecular complexity index is 6.00. The highest BCUT2D eigenvalue weighted by molar-refractivity contribution is 14.0. The third-order valence-corrected chi connectivity index (χ3v) is 0. The molecule has 4 heavy (non-hydrogen) atoms. The highest BCUT2D eigenvalue weighted by Gasteiger charge is 1.28. The minimum absolute atomic E-state index is 0. The van der Waals surface area contributed by atoms with E-state index in [1.54, 1.807) is 0 Å². The van der Waals surface area contributed by atoms with Gasteiger partial charge in [-0.05, 0) is 0 Å². The van der Waals surface area contributed by atoms with Gasteiger partial charge in [0.2, 0.25) is 0 Å². The number of halogens is 1. The van der Waals surface area contributed by atoms with Crippen molar-refractivity contribution in [3.05, 3.63) is 0 Å². The van der Waals surface area contributed by atoms with Gasteiger partial charge in [0.25, 0.3) is 0 Å². The lowest BCUT2D eigenvalue weighted by molar-refractivity contribution is 0.690. The summed E-state index contributed by atoms with van der Waals surface area (Å²) in [7, 11) is 1.86. The van der Waals surface area contributed by atoms with Crippen molar-refractivity contribution in [2.24, 2.45) is 0 Å². The summed E-state index contributed by atoms with van der Waals surface area (Å²) in [5.41, 5.74) is 0. The topological polar surface area (TPSA) is 9.23 Å². The lowest BCUT2D eigenvalue weighted by atomic mass is 15.8. The quantitative estimate of drug-likeness (QED) is 0.335. The van der Waals surface area contributed by atoms with Crippen LogP contribution in [-0.2, 0) is 4.12 Å². The van der Waals surface area contributed by atoms with Gasteiger partial charge >= 0.3 is 0 Å². The molecule has 0 unspecified atom stereocenters. The Morgan fingerprint density at radius 1 is 1.25 bits per heavy atom. The predicted molar refractivity (Wildman–Crippen MR) is 36.4 cm³/mol. The molecule has 0 heterocycles. The van der Waals surface area contributed by atoms with E-state index in [9.17, 15) is 0 Å². The van der Waals surface area contributed by atoms with Crippen LogP contribution in [-0.4, -0.2) is 21.0 Å². The Balaban J connectivity index is 0. The molecule has 0 aromatic carbocycles. The van der Waals surface area contributed by atoms with Crippen LogP contribution < -0.4 is 0 Å². The highest BCUT2D eigenvalue weighted by atomic mass is 127. The zero-order valence-electron chi connectivity index (χ0n) is 2.82. The first-order valence-electron chi connectivity index (χ1n) is 0.816. The van der Waals surface area contributed by atoms with Crippen molar-refractivity contribution in [2.45, 2.75) is 0 Å². The van der Waals surface area contributed by atoms with Crippen molar-refractivity contribution in [2.75, 3.05) is 0 Å². The fraction of sp³-hybridized carbons (Fsp3) is 0. The smallest absolute Gasteiger partial charge is 0.129 e. The molecule has 1 nitrogen and oxygen atoms in total. The van der Waals surface area contributed by atoms with Crippen molar-refractivity contribution in [1.82, 2.24) is 0 Å².